The van der Waals surface area contributed by atoms with Crippen LogP contribution >= 0.6 is 0 Å². The molecule has 0 fully saturated rings. The highest BCUT2D eigenvalue weighted by atomic mass is 16.3. The Kier molecular flexibility index (Phi) is 5.12. The van der Waals surface area contributed by atoms with Gasteiger partial charge in [0, 0.05) is 10.9 Å². The molecule has 2 aromatic heterocycles. The normalized spacial score (nSPS) is 12.4. The van der Waals surface area contributed by atoms with Crippen molar-refractivity contribution in [3.05, 3.63) is 65.9 Å². The number of hydrogen-bond donors (Lipinski definition) is 1. The lowest BCUT2D eigenvalue weighted by Crippen LogP contribution is -2.30. The molecule has 1 amide bonds. The maximum absolute atomic E-state index is 12.4. The average molecular weight is 389 g/mol. The Morgan fingerprint density at radius 3 is 2.59 bits per heavy atom. The molecule has 0 saturated carbocycles. The molecular formula is C22H23N5O2. The molecular weight excluding hydrogens is 366 g/mol. The molecule has 0 aliphatic carbocycles. The van der Waals surface area contributed by atoms with Gasteiger partial charge in [-0.25, -0.2) is 0 Å². The van der Waals surface area contributed by atoms with Crippen molar-refractivity contribution >= 4 is 16.9 Å². The molecule has 7 nitrogen and oxygen atoms in total. The minimum atomic E-state index is -0.263. The van der Waals surface area contributed by atoms with Crippen LogP contribution in [0.25, 0.3) is 22.4 Å². The molecule has 4 rings (SSSR count). The second-order valence-electron chi connectivity index (χ2n) is 7.40. The highest BCUT2D eigenvalue weighted by Crippen LogP contribution is 2.23. The third kappa shape index (κ3) is 4.18. The molecule has 0 aliphatic heterocycles. The van der Waals surface area contributed by atoms with E-state index >= 15 is 0 Å². The lowest BCUT2D eigenvalue weighted by atomic mass is 10.0. The zero-order valence-electron chi connectivity index (χ0n) is 16.7. The van der Waals surface area contributed by atoms with Gasteiger partial charge in [0.25, 0.3) is 0 Å². The summed E-state index contributed by atoms with van der Waals surface area (Å²) in [5.41, 5.74) is 2.92. The van der Waals surface area contributed by atoms with E-state index in [0.717, 1.165) is 16.5 Å². The van der Waals surface area contributed by atoms with Crippen LogP contribution in [0.15, 0.2) is 59.0 Å². The summed E-state index contributed by atoms with van der Waals surface area (Å²) >= 11 is 0. The molecule has 0 spiro atoms. The van der Waals surface area contributed by atoms with Gasteiger partial charge in [-0.15, -0.1) is 10.2 Å². The Labute approximate surface area is 168 Å². The Bertz CT molecular complexity index is 1090. The third-order valence-electron chi connectivity index (χ3n) is 4.82. The number of carbonyl (C=O) groups is 1. The van der Waals surface area contributed by atoms with Gasteiger partial charge in [0.2, 0.25) is 11.7 Å². The van der Waals surface area contributed by atoms with Crippen LogP contribution in [0.2, 0.25) is 0 Å². The highest BCUT2D eigenvalue weighted by molar-refractivity contribution is 5.79. The number of furan rings is 1. The Balaban J connectivity index is 1.39. The topological polar surface area (TPSA) is 85.8 Å². The smallest absolute Gasteiger partial charge is 0.244 e. The molecule has 0 radical (unpaired) electrons. The van der Waals surface area contributed by atoms with Crippen molar-refractivity contribution in [3.8, 4) is 11.4 Å². The Hall–Kier alpha value is -3.48. The SMILES string of the molecule is CC(C)c1ccc(-c2nnn(CC(=O)N[C@H](C)c3cc4ccccc4o3)n2)cc1. The van der Waals surface area contributed by atoms with Crippen molar-refractivity contribution in [2.24, 2.45) is 0 Å². The monoisotopic (exact) mass is 389 g/mol. The first-order valence-electron chi connectivity index (χ1n) is 9.65. The fourth-order valence-corrected chi connectivity index (χ4v) is 3.15. The predicted octanol–water partition coefficient (Wildman–Crippen LogP) is 4.09. The van der Waals surface area contributed by atoms with Crippen molar-refractivity contribution in [2.45, 2.75) is 39.3 Å². The maximum atomic E-state index is 12.4. The number of hydrogen-bond acceptors (Lipinski definition) is 5. The second kappa shape index (κ2) is 7.87. The quantitative estimate of drug-likeness (QED) is 0.537. The number of fused-ring (bicyclic) bond motifs is 1. The minimum Gasteiger partial charge on any atom is -0.459 e. The molecule has 0 bridgehead atoms. The van der Waals surface area contributed by atoms with E-state index in [1.807, 2.05) is 49.4 Å². The number of tetrazole rings is 1. The summed E-state index contributed by atoms with van der Waals surface area (Å²) in [5, 5.41) is 16.3. The van der Waals surface area contributed by atoms with E-state index in [-0.39, 0.29) is 18.5 Å². The van der Waals surface area contributed by atoms with Crippen LogP contribution in [0.3, 0.4) is 0 Å². The number of para-hydroxylation sites is 1. The predicted molar refractivity (Wildman–Crippen MR) is 110 cm³/mol. The summed E-state index contributed by atoms with van der Waals surface area (Å²) in [6.07, 6.45) is 0. The van der Waals surface area contributed by atoms with E-state index in [9.17, 15) is 4.79 Å². The van der Waals surface area contributed by atoms with E-state index < -0.39 is 0 Å². The van der Waals surface area contributed by atoms with Crippen LogP contribution in [0.4, 0.5) is 0 Å². The summed E-state index contributed by atoms with van der Waals surface area (Å²) < 4.78 is 5.80. The van der Waals surface area contributed by atoms with E-state index in [0.29, 0.717) is 17.5 Å². The molecule has 148 valence electrons. The van der Waals surface area contributed by atoms with Crippen LogP contribution in [-0.4, -0.2) is 26.1 Å². The molecule has 1 atom stereocenters. The average Bonchev–Trinajstić information content (AvgIpc) is 3.35. The van der Waals surface area contributed by atoms with Crippen molar-refractivity contribution < 1.29 is 9.21 Å². The summed E-state index contributed by atoms with van der Waals surface area (Å²) in [4.78, 5) is 13.7. The molecule has 0 unspecified atom stereocenters. The fraction of sp³-hybridized carbons (Fsp3) is 0.273. The molecule has 2 heterocycles. The molecule has 0 aliphatic rings. The van der Waals surface area contributed by atoms with E-state index in [4.69, 9.17) is 4.42 Å². The first-order valence-corrected chi connectivity index (χ1v) is 9.65. The van der Waals surface area contributed by atoms with Crippen LogP contribution in [-0.2, 0) is 11.3 Å². The van der Waals surface area contributed by atoms with E-state index in [2.05, 4.69) is 46.7 Å². The standard InChI is InChI=1S/C22H23N5O2/c1-14(2)16-8-10-17(11-9-16)22-24-26-27(25-22)13-21(28)23-15(3)20-12-18-6-4-5-7-19(18)29-20/h4-12,14-15H,13H2,1-3H3,(H,23,28)/t15-/m1/s1. The molecule has 29 heavy (non-hydrogen) atoms. The number of aromatic nitrogens is 4. The van der Waals surface area contributed by atoms with Gasteiger partial charge in [0.15, 0.2) is 0 Å². The van der Waals surface area contributed by atoms with Crippen molar-refractivity contribution in [2.75, 3.05) is 0 Å². The number of benzene rings is 2. The minimum absolute atomic E-state index is 0.0123. The van der Waals surface area contributed by atoms with Crippen molar-refractivity contribution in [1.29, 1.82) is 0 Å². The molecule has 2 aromatic carbocycles. The van der Waals surface area contributed by atoms with Gasteiger partial charge in [-0.05, 0) is 35.8 Å². The van der Waals surface area contributed by atoms with Gasteiger partial charge in [-0.2, -0.15) is 4.80 Å². The van der Waals surface area contributed by atoms with Crippen LogP contribution in [0.5, 0.6) is 0 Å². The zero-order chi connectivity index (χ0) is 20.4. The van der Waals surface area contributed by atoms with Crippen LogP contribution < -0.4 is 5.32 Å². The number of nitrogens with one attached hydrogen (secondary N) is 1. The van der Waals surface area contributed by atoms with E-state index in [1.54, 1.807) is 0 Å². The fourth-order valence-electron chi connectivity index (χ4n) is 3.15. The van der Waals surface area contributed by atoms with Gasteiger partial charge in [0.05, 0.1) is 6.04 Å². The molecule has 4 aromatic rings. The lowest BCUT2D eigenvalue weighted by Gasteiger charge is -2.10. The van der Waals surface area contributed by atoms with Gasteiger partial charge in [-0.3, -0.25) is 4.79 Å². The first kappa shape index (κ1) is 18.9. The molecule has 0 saturated heterocycles. The van der Waals surface area contributed by atoms with Gasteiger partial charge < -0.3 is 9.73 Å². The highest BCUT2D eigenvalue weighted by Gasteiger charge is 2.16. The largest absolute Gasteiger partial charge is 0.459 e. The number of rotatable bonds is 6. The Morgan fingerprint density at radius 2 is 1.86 bits per heavy atom. The maximum Gasteiger partial charge on any atom is 0.244 e. The van der Waals surface area contributed by atoms with Gasteiger partial charge in [-0.1, -0.05) is 56.3 Å². The molecule has 1 N–H and O–H groups in total. The molecule has 7 heteroatoms. The second-order valence-corrected chi connectivity index (χ2v) is 7.40. The summed E-state index contributed by atoms with van der Waals surface area (Å²) in [5.74, 6) is 1.46. The van der Waals surface area contributed by atoms with Gasteiger partial charge in [0.1, 0.15) is 17.9 Å². The van der Waals surface area contributed by atoms with Crippen LogP contribution in [0.1, 0.15) is 44.1 Å². The van der Waals surface area contributed by atoms with Crippen molar-refractivity contribution in [1.82, 2.24) is 25.5 Å². The number of nitrogens with zero attached hydrogens (tertiary/aromatic N) is 4. The van der Waals surface area contributed by atoms with Crippen LogP contribution in [0, 0.1) is 0 Å². The lowest BCUT2D eigenvalue weighted by molar-refractivity contribution is -0.122. The number of amides is 1. The third-order valence-corrected chi connectivity index (χ3v) is 4.82. The number of carbonyl (C=O) groups excluding carboxylic acids is 1. The zero-order valence-corrected chi connectivity index (χ0v) is 16.7. The summed E-state index contributed by atoms with van der Waals surface area (Å²) in [7, 11) is 0. The Morgan fingerprint density at radius 1 is 1.10 bits per heavy atom. The van der Waals surface area contributed by atoms with Crippen molar-refractivity contribution in [3.63, 3.8) is 0 Å². The first-order chi connectivity index (χ1) is 14.0. The van der Waals surface area contributed by atoms with E-state index in [1.165, 1.54) is 10.4 Å². The van der Waals surface area contributed by atoms with Gasteiger partial charge >= 0.3 is 0 Å². The summed E-state index contributed by atoms with van der Waals surface area (Å²) in [6.45, 7) is 6.16. The summed E-state index contributed by atoms with van der Waals surface area (Å²) in [6, 6.07) is 17.5.